The number of hydrogen-bond acceptors (Lipinski definition) is 6. The Bertz CT molecular complexity index is 1510. The summed E-state index contributed by atoms with van der Waals surface area (Å²) in [4.78, 5) is 40.1. The highest BCUT2D eigenvalue weighted by Crippen LogP contribution is 2.33. The van der Waals surface area contributed by atoms with Crippen molar-refractivity contribution < 1.29 is 9.53 Å². The van der Waals surface area contributed by atoms with Crippen LogP contribution in [0.5, 0.6) is 5.75 Å². The summed E-state index contributed by atoms with van der Waals surface area (Å²) < 4.78 is 7.64. The molecule has 5 rings (SSSR count). The van der Waals surface area contributed by atoms with Crippen molar-refractivity contribution >= 4 is 11.6 Å². The summed E-state index contributed by atoms with van der Waals surface area (Å²) in [6.07, 6.45) is 3.47. The molecular weight excluding hydrogens is 470 g/mol. The summed E-state index contributed by atoms with van der Waals surface area (Å²) >= 11 is 0. The highest BCUT2D eigenvalue weighted by atomic mass is 16.5. The molecular formula is C28H27N5O4. The second kappa shape index (κ2) is 10.3. The van der Waals surface area contributed by atoms with Crippen molar-refractivity contribution in [3.63, 3.8) is 0 Å². The molecule has 37 heavy (non-hydrogen) atoms. The van der Waals surface area contributed by atoms with Crippen LogP contribution in [0.2, 0.25) is 0 Å². The van der Waals surface area contributed by atoms with Crippen LogP contribution in [0.4, 0.5) is 0 Å². The molecule has 2 aliphatic heterocycles. The second-order valence-electron chi connectivity index (χ2n) is 9.21. The maximum atomic E-state index is 13.6. The molecule has 0 N–H and O–H groups in total. The van der Waals surface area contributed by atoms with Gasteiger partial charge in [-0.15, -0.1) is 0 Å². The molecule has 2 aromatic carbocycles. The van der Waals surface area contributed by atoms with E-state index in [2.05, 4.69) is 5.10 Å². The van der Waals surface area contributed by atoms with Gasteiger partial charge in [0.2, 0.25) is 0 Å². The molecule has 0 bridgehead atoms. The average Bonchev–Trinajstić information content (AvgIpc) is 3.24. The van der Waals surface area contributed by atoms with Gasteiger partial charge in [-0.1, -0.05) is 48.9 Å². The van der Waals surface area contributed by atoms with Crippen LogP contribution in [0.3, 0.4) is 0 Å². The number of hydrogen-bond donors (Lipinski definition) is 0. The molecule has 0 saturated heterocycles. The average molecular weight is 498 g/mol. The smallest absolute Gasteiger partial charge is 0.331 e. The van der Waals surface area contributed by atoms with Crippen LogP contribution in [-0.4, -0.2) is 32.9 Å². The van der Waals surface area contributed by atoms with Gasteiger partial charge < -0.3 is 4.74 Å². The van der Waals surface area contributed by atoms with Gasteiger partial charge in [-0.3, -0.25) is 14.2 Å². The summed E-state index contributed by atoms with van der Waals surface area (Å²) in [5.74, 6) is 0.196. The third kappa shape index (κ3) is 4.58. The summed E-state index contributed by atoms with van der Waals surface area (Å²) in [7, 11) is 1.59. The standard InChI is InChI=1S/C28H27N5O4/c1-37-21-13-11-20(12-14-21)25-16-23(19-8-4-2-5-9-19)30-33(25)26(34)18-32-27(35)22(17-29)24-10-6-3-7-15-31(24)28(32)36/h2,4-5,8-9,11-14,25H,3,6-7,10,15-16,18H2,1H3/t25-/m1/s1. The van der Waals surface area contributed by atoms with Crippen LogP contribution in [0.25, 0.3) is 0 Å². The monoisotopic (exact) mass is 497 g/mol. The van der Waals surface area contributed by atoms with Crippen molar-refractivity contribution in [3.8, 4) is 11.8 Å². The Morgan fingerprint density at radius 1 is 1.08 bits per heavy atom. The first-order valence-electron chi connectivity index (χ1n) is 12.4. The van der Waals surface area contributed by atoms with Crippen molar-refractivity contribution in [2.45, 2.75) is 51.2 Å². The third-order valence-electron chi connectivity index (χ3n) is 7.01. The molecule has 1 amide bonds. The Labute approximate surface area is 213 Å². The molecule has 9 nitrogen and oxygen atoms in total. The van der Waals surface area contributed by atoms with Gasteiger partial charge in [0, 0.05) is 18.7 Å². The maximum absolute atomic E-state index is 13.6. The zero-order valence-corrected chi connectivity index (χ0v) is 20.6. The topological polar surface area (TPSA) is 110 Å². The predicted molar refractivity (Wildman–Crippen MR) is 137 cm³/mol. The van der Waals surface area contributed by atoms with E-state index in [4.69, 9.17) is 4.74 Å². The maximum Gasteiger partial charge on any atom is 0.331 e. The Morgan fingerprint density at radius 3 is 2.54 bits per heavy atom. The number of methoxy groups -OCH3 is 1. The minimum Gasteiger partial charge on any atom is -0.497 e. The van der Waals surface area contributed by atoms with Gasteiger partial charge in [-0.05, 0) is 42.5 Å². The minimum absolute atomic E-state index is 0.0593. The number of rotatable bonds is 5. The molecule has 0 saturated carbocycles. The normalized spacial score (nSPS) is 16.9. The first-order chi connectivity index (χ1) is 18.0. The first kappa shape index (κ1) is 24.3. The molecule has 3 aromatic rings. The van der Waals surface area contributed by atoms with Gasteiger partial charge in [0.15, 0.2) is 0 Å². The molecule has 1 aromatic heterocycles. The van der Waals surface area contributed by atoms with Crippen molar-refractivity contribution in [2.24, 2.45) is 5.10 Å². The summed E-state index contributed by atoms with van der Waals surface area (Å²) in [5, 5.41) is 15.7. The summed E-state index contributed by atoms with van der Waals surface area (Å²) in [5.41, 5.74) is 1.62. The first-order valence-corrected chi connectivity index (χ1v) is 12.4. The Morgan fingerprint density at radius 2 is 1.84 bits per heavy atom. The fourth-order valence-electron chi connectivity index (χ4n) is 5.06. The van der Waals surface area contributed by atoms with Crippen LogP contribution in [-0.2, 0) is 24.3 Å². The predicted octanol–water partition coefficient (Wildman–Crippen LogP) is 2.99. The molecule has 0 fully saturated rings. The summed E-state index contributed by atoms with van der Waals surface area (Å²) in [6.45, 7) is -0.0728. The van der Waals surface area contributed by atoms with Crippen LogP contribution in [0.15, 0.2) is 69.3 Å². The Balaban J connectivity index is 1.54. The molecule has 0 unspecified atom stereocenters. The summed E-state index contributed by atoms with van der Waals surface area (Å²) in [6, 6.07) is 18.6. The van der Waals surface area contributed by atoms with Gasteiger partial charge >= 0.3 is 5.69 Å². The molecule has 188 valence electrons. The van der Waals surface area contributed by atoms with Crippen molar-refractivity contribution in [1.82, 2.24) is 14.1 Å². The van der Waals surface area contributed by atoms with Crippen LogP contribution < -0.4 is 16.0 Å². The fraction of sp³-hybridized carbons (Fsp3) is 0.321. The zero-order valence-electron chi connectivity index (χ0n) is 20.6. The van der Waals surface area contributed by atoms with E-state index in [-0.39, 0.29) is 5.56 Å². The van der Waals surface area contributed by atoms with E-state index < -0.39 is 29.7 Å². The van der Waals surface area contributed by atoms with E-state index in [0.717, 1.165) is 40.7 Å². The minimum atomic E-state index is -0.721. The molecule has 0 aliphatic carbocycles. The molecule has 0 spiro atoms. The van der Waals surface area contributed by atoms with Gasteiger partial charge in [0.05, 0.1) is 18.9 Å². The van der Waals surface area contributed by atoms with E-state index >= 15 is 0 Å². The lowest BCUT2D eigenvalue weighted by molar-refractivity contribution is -0.133. The number of benzene rings is 2. The van der Waals surface area contributed by atoms with E-state index in [0.29, 0.717) is 30.8 Å². The highest BCUT2D eigenvalue weighted by molar-refractivity contribution is 6.03. The Hall–Kier alpha value is -4.45. The lowest BCUT2D eigenvalue weighted by atomic mass is 9.98. The van der Waals surface area contributed by atoms with Crippen molar-refractivity contribution in [1.29, 1.82) is 5.26 Å². The molecule has 9 heteroatoms. The van der Waals surface area contributed by atoms with Gasteiger partial charge in [0.1, 0.15) is 23.9 Å². The Kier molecular flexibility index (Phi) is 6.73. The number of nitriles is 1. The lowest BCUT2D eigenvalue weighted by Gasteiger charge is -2.23. The van der Waals surface area contributed by atoms with E-state index in [1.54, 1.807) is 7.11 Å². The largest absolute Gasteiger partial charge is 0.497 e. The number of hydrazone groups is 1. The van der Waals surface area contributed by atoms with Crippen LogP contribution in [0, 0.1) is 11.3 Å². The van der Waals surface area contributed by atoms with E-state index in [1.165, 1.54) is 9.58 Å². The van der Waals surface area contributed by atoms with Crippen molar-refractivity contribution in [2.75, 3.05) is 7.11 Å². The molecule has 2 aliphatic rings. The van der Waals surface area contributed by atoms with Gasteiger partial charge in [0.25, 0.3) is 11.5 Å². The number of fused-ring (bicyclic) bond motifs is 1. The highest BCUT2D eigenvalue weighted by Gasteiger charge is 2.34. The SMILES string of the molecule is COc1ccc([C@H]2CC(c3ccccc3)=NN2C(=O)Cn2c(=O)c(C#N)c3n(c2=O)CCCCC3)cc1. The number of carbonyl (C=O) groups is 1. The van der Waals surface area contributed by atoms with Crippen molar-refractivity contribution in [3.05, 3.63) is 97.8 Å². The van der Waals surface area contributed by atoms with E-state index in [1.807, 2.05) is 60.7 Å². The number of aromatic nitrogens is 2. The fourth-order valence-corrected chi connectivity index (χ4v) is 5.06. The number of carbonyl (C=O) groups excluding carboxylic acids is 1. The number of ether oxygens (including phenoxy) is 1. The molecule has 0 radical (unpaired) electrons. The zero-order chi connectivity index (χ0) is 25.9. The van der Waals surface area contributed by atoms with Gasteiger partial charge in [-0.25, -0.2) is 14.4 Å². The molecule has 1 atom stereocenters. The lowest BCUT2D eigenvalue weighted by Crippen LogP contribution is -2.46. The van der Waals surface area contributed by atoms with E-state index in [9.17, 15) is 19.6 Å². The molecule has 3 heterocycles. The number of amides is 1. The second-order valence-corrected chi connectivity index (χ2v) is 9.21. The quantitative estimate of drug-likeness (QED) is 0.538. The number of nitrogens with zero attached hydrogens (tertiary/aromatic N) is 5. The third-order valence-corrected chi connectivity index (χ3v) is 7.01. The van der Waals surface area contributed by atoms with Gasteiger partial charge in [-0.2, -0.15) is 10.4 Å². The van der Waals surface area contributed by atoms with Crippen LogP contribution >= 0.6 is 0 Å². The van der Waals surface area contributed by atoms with Crippen LogP contribution in [0.1, 0.15) is 54.1 Å².